The molecule has 1 aliphatic carbocycles. The topological polar surface area (TPSA) is 47.4 Å². The van der Waals surface area contributed by atoms with Gasteiger partial charge in [0.1, 0.15) is 11.6 Å². The van der Waals surface area contributed by atoms with Crippen molar-refractivity contribution in [1.29, 1.82) is 0 Å². The minimum absolute atomic E-state index is 0.00645. The van der Waals surface area contributed by atoms with Crippen molar-refractivity contribution in [3.05, 3.63) is 57.8 Å². The molecule has 0 N–H and O–H groups in total. The number of likely N-dealkylation sites (tertiary alicyclic amines) is 1. The number of hydrogen-bond acceptors (Lipinski definition) is 4. The zero-order valence-corrected chi connectivity index (χ0v) is 16.9. The van der Waals surface area contributed by atoms with E-state index in [9.17, 15) is 4.79 Å². The number of aromatic nitrogens is 2. The molecule has 0 saturated carbocycles. The Balaban J connectivity index is 1.91. The summed E-state index contributed by atoms with van der Waals surface area (Å²) >= 11 is 0. The molecule has 2 heterocycles. The molecule has 1 aromatic carbocycles. The SMILES string of the molecule is CCOc1ccccc1-n1c(C(C)N2CCCCC2)nc2c(c1=O)C=CCC2. The fourth-order valence-corrected chi connectivity index (χ4v) is 4.28. The molecule has 1 fully saturated rings. The van der Waals surface area contributed by atoms with Gasteiger partial charge < -0.3 is 4.74 Å². The third kappa shape index (κ3) is 3.51. The van der Waals surface area contributed by atoms with Crippen molar-refractivity contribution in [3.8, 4) is 11.4 Å². The lowest BCUT2D eigenvalue weighted by molar-refractivity contribution is 0.166. The Labute approximate surface area is 166 Å². The lowest BCUT2D eigenvalue weighted by Crippen LogP contribution is -2.37. The molecule has 148 valence electrons. The molecule has 28 heavy (non-hydrogen) atoms. The van der Waals surface area contributed by atoms with Crippen LogP contribution < -0.4 is 10.3 Å². The van der Waals surface area contributed by atoms with Gasteiger partial charge in [0.2, 0.25) is 0 Å². The quantitative estimate of drug-likeness (QED) is 0.783. The number of para-hydroxylation sites is 2. The molecule has 1 atom stereocenters. The molecule has 5 heteroatoms. The van der Waals surface area contributed by atoms with Crippen molar-refractivity contribution in [2.24, 2.45) is 0 Å². The maximum Gasteiger partial charge on any atom is 0.265 e. The second-order valence-corrected chi connectivity index (χ2v) is 7.59. The summed E-state index contributed by atoms with van der Waals surface area (Å²) in [6.07, 6.45) is 9.47. The van der Waals surface area contributed by atoms with Crippen molar-refractivity contribution >= 4 is 6.08 Å². The highest BCUT2D eigenvalue weighted by molar-refractivity contribution is 5.56. The number of allylic oxidation sites excluding steroid dienone is 1. The van der Waals surface area contributed by atoms with E-state index in [4.69, 9.17) is 9.72 Å². The summed E-state index contributed by atoms with van der Waals surface area (Å²) in [5.41, 5.74) is 2.43. The van der Waals surface area contributed by atoms with Crippen molar-refractivity contribution in [2.45, 2.75) is 52.0 Å². The number of benzene rings is 1. The zero-order valence-electron chi connectivity index (χ0n) is 16.9. The number of rotatable bonds is 5. The van der Waals surface area contributed by atoms with Crippen LogP contribution >= 0.6 is 0 Å². The molecule has 0 radical (unpaired) electrons. The van der Waals surface area contributed by atoms with E-state index >= 15 is 0 Å². The van der Waals surface area contributed by atoms with Crippen LogP contribution in [0.15, 0.2) is 35.1 Å². The maximum absolute atomic E-state index is 13.6. The van der Waals surface area contributed by atoms with E-state index in [0.717, 1.165) is 48.9 Å². The van der Waals surface area contributed by atoms with Gasteiger partial charge in [-0.3, -0.25) is 14.3 Å². The fraction of sp³-hybridized carbons (Fsp3) is 0.478. The van der Waals surface area contributed by atoms with Crippen LogP contribution in [0, 0.1) is 0 Å². The van der Waals surface area contributed by atoms with E-state index in [0.29, 0.717) is 12.2 Å². The smallest absolute Gasteiger partial charge is 0.265 e. The Morgan fingerprint density at radius 1 is 1.18 bits per heavy atom. The number of aryl methyl sites for hydroxylation is 1. The van der Waals surface area contributed by atoms with Gasteiger partial charge in [-0.1, -0.05) is 30.7 Å². The second kappa shape index (κ2) is 8.31. The molecule has 4 rings (SSSR count). The maximum atomic E-state index is 13.6. The van der Waals surface area contributed by atoms with Crippen molar-refractivity contribution in [3.63, 3.8) is 0 Å². The van der Waals surface area contributed by atoms with Crippen LogP contribution in [-0.2, 0) is 6.42 Å². The minimum Gasteiger partial charge on any atom is -0.492 e. The molecule has 1 aliphatic heterocycles. The molecule has 1 aromatic heterocycles. The Morgan fingerprint density at radius 2 is 1.96 bits per heavy atom. The standard InChI is InChI=1S/C23H29N3O2/c1-3-28-21-14-8-7-13-20(21)26-22(17(2)25-15-9-4-10-16-25)24-19-12-6-5-11-18(19)23(26)27/h5,7-8,11,13-14,17H,3-4,6,9-10,12,15-16H2,1-2H3. The van der Waals surface area contributed by atoms with Gasteiger partial charge in [-0.05, 0) is 64.8 Å². The lowest BCUT2D eigenvalue weighted by atomic mass is 10.0. The van der Waals surface area contributed by atoms with Crippen LogP contribution in [0.1, 0.15) is 62.7 Å². The van der Waals surface area contributed by atoms with Gasteiger partial charge in [0.15, 0.2) is 0 Å². The third-order valence-corrected chi connectivity index (χ3v) is 5.77. The summed E-state index contributed by atoms with van der Waals surface area (Å²) in [6, 6.07) is 7.86. The average molecular weight is 380 g/mol. The monoisotopic (exact) mass is 379 g/mol. The fourth-order valence-electron chi connectivity index (χ4n) is 4.28. The minimum atomic E-state index is 0.00645. The van der Waals surface area contributed by atoms with E-state index < -0.39 is 0 Å². The van der Waals surface area contributed by atoms with Gasteiger partial charge in [-0.2, -0.15) is 0 Å². The molecular weight excluding hydrogens is 350 g/mol. The van der Waals surface area contributed by atoms with Gasteiger partial charge >= 0.3 is 0 Å². The summed E-state index contributed by atoms with van der Waals surface area (Å²) < 4.78 is 7.64. The van der Waals surface area contributed by atoms with E-state index in [2.05, 4.69) is 17.9 Å². The van der Waals surface area contributed by atoms with Crippen LogP contribution in [0.4, 0.5) is 0 Å². The van der Waals surface area contributed by atoms with Crippen molar-refractivity contribution in [2.75, 3.05) is 19.7 Å². The normalized spacial score (nSPS) is 17.9. The predicted octanol–water partition coefficient (Wildman–Crippen LogP) is 4.14. The largest absolute Gasteiger partial charge is 0.492 e. The summed E-state index contributed by atoms with van der Waals surface area (Å²) in [5.74, 6) is 1.55. The van der Waals surface area contributed by atoms with Gasteiger partial charge in [0.25, 0.3) is 5.56 Å². The van der Waals surface area contributed by atoms with Crippen LogP contribution in [0.25, 0.3) is 11.8 Å². The van der Waals surface area contributed by atoms with Gasteiger partial charge in [-0.15, -0.1) is 0 Å². The van der Waals surface area contributed by atoms with Gasteiger partial charge in [0.05, 0.1) is 29.6 Å². The molecule has 1 unspecified atom stereocenters. The van der Waals surface area contributed by atoms with Crippen molar-refractivity contribution in [1.82, 2.24) is 14.5 Å². The van der Waals surface area contributed by atoms with E-state index in [1.807, 2.05) is 37.3 Å². The second-order valence-electron chi connectivity index (χ2n) is 7.59. The number of ether oxygens (including phenoxy) is 1. The molecule has 2 aliphatic rings. The summed E-state index contributed by atoms with van der Waals surface area (Å²) in [7, 11) is 0. The Hall–Kier alpha value is -2.40. The van der Waals surface area contributed by atoms with E-state index in [1.54, 1.807) is 4.57 Å². The Kier molecular flexibility index (Phi) is 5.62. The first-order chi connectivity index (χ1) is 13.7. The number of piperidine rings is 1. The first-order valence-corrected chi connectivity index (χ1v) is 10.5. The van der Waals surface area contributed by atoms with Crippen LogP contribution in [-0.4, -0.2) is 34.1 Å². The molecule has 0 spiro atoms. The number of nitrogens with zero attached hydrogens (tertiary/aromatic N) is 3. The summed E-state index contributed by atoms with van der Waals surface area (Å²) in [4.78, 5) is 21.1. The van der Waals surface area contributed by atoms with Gasteiger partial charge in [0, 0.05) is 0 Å². The van der Waals surface area contributed by atoms with Crippen LogP contribution in [0.2, 0.25) is 0 Å². The highest BCUT2D eigenvalue weighted by Gasteiger charge is 2.27. The third-order valence-electron chi connectivity index (χ3n) is 5.77. The first-order valence-electron chi connectivity index (χ1n) is 10.5. The zero-order chi connectivity index (χ0) is 19.5. The van der Waals surface area contributed by atoms with Crippen molar-refractivity contribution < 1.29 is 4.74 Å². The predicted molar refractivity (Wildman–Crippen MR) is 112 cm³/mol. The molecule has 0 amide bonds. The number of fused-ring (bicyclic) bond motifs is 1. The summed E-state index contributed by atoms with van der Waals surface area (Å²) in [5, 5.41) is 0. The molecule has 2 aromatic rings. The van der Waals surface area contributed by atoms with Crippen LogP contribution in [0.3, 0.4) is 0 Å². The Morgan fingerprint density at radius 3 is 2.75 bits per heavy atom. The first kappa shape index (κ1) is 18.9. The highest BCUT2D eigenvalue weighted by Crippen LogP contribution is 2.29. The average Bonchev–Trinajstić information content (AvgIpc) is 2.75. The number of hydrogen-bond donors (Lipinski definition) is 0. The van der Waals surface area contributed by atoms with Crippen LogP contribution in [0.5, 0.6) is 5.75 Å². The van der Waals surface area contributed by atoms with E-state index in [-0.39, 0.29) is 11.6 Å². The van der Waals surface area contributed by atoms with E-state index in [1.165, 1.54) is 19.3 Å². The summed E-state index contributed by atoms with van der Waals surface area (Å²) in [6.45, 7) is 6.81. The van der Waals surface area contributed by atoms with Gasteiger partial charge in [-0.25, -0.2) is 4.98 Å². The molecule has 1 saturated heterocycles. The molecule has 5 nitrogen and oxygen atoms in total. The Bertz CT molecular complexity index is 926. The lowest BCUT2D eigenvalue weighted by Gasteiger charge is -2.33. The molecular formula is C23H29N3O2. The highest BCUT2D eigenvalue weighted by atomic mass is 16.5. The molecule has 0 bridgehead atoms.